The van der Waals surface area contributed by atoms with Crippen LogP contribution in [0.25, 0.3) is 22.6 Å². The number of hydrogen-bond acceptors (Lipinski definition) is 7. The molecule has 2 heterocycles. The van der Waals surface area contributed by atoms with Crippen molar-refractivity contribution in [2.24, 2.45) is 0 Å². The maximum atomic E-state index is 12.5. The zero-order valence-electron chi connectivity index (χ0n) is 18.3. The highest BCUT2D eigenvalue weighted by Crippen LogP contribution is 2.30. The van der Waals surface area contributed by atoms with E-state index in [4.69, 9.17) is 20.8 Å². The second-order valence-electron chi connectivity index (χ2n) is 7.13. The number of esters is 1. The van der Waals surface area contributed by atoms with E-state index in [2.05, 4.69) is 22.1 Å². The van der Waals surface area contributed by atoms with Crippen LogP contribution in [0.4, 0.5) is 5.69 Å². The Balaban J connectivity index is 1.44. The number of halogens is 1. The summed E-state index contributed by atoms with van der Waals surface area (Å²) in [6, 6.07) is 13.7. The first-order valence-electron chi connectivity index (χ1n) is 10.4. The predicted molar refractivity (Wildman–Crippen MR) is 132 cm³/mol. The second kappa shape index (κ2) is 10.6. The summed E-state index contributed by atoms with van der Waals surface area (Å²) in [5.41, 5.74) is 1.69. The first kappa shape index (κ1) is 23.6. The lowest BCUT2D eigenvalue weighted by Crippen LogP contribution is -2.15. The van der Waals surface area contributed by atoms with Gasteiger partial charge in [-0.05, 0) is 55.5 Å². The van der Waals surface area contributed by atoms with Gasteiger partial charge in [0.15, 0.2) is 10.9 Å². The topological polar surface area (TPSA) is 99.2 Å². The van der Waals surface area contributed by atoms with Crippen LogP contribution in [0.3, 0.4) is 0 Å². The van der Waals surface area contributed by atoms with Crippen LogP contribution in [0.5, 0.6) is 0 Å². The van der Waals surface area contributed by atoms with E-state index in [0.29, 0.717) is 51.7 Å². The van der Waals surface area contributed by atoms with E-state index >= 15 is 0 Å². The van der Waals surface area contributed by atoms with Crippen LogP contribution in [0.2, 0.25) is 5.02 Å². The third kappa shape index (κ3) is 5.32. The van der Waals surface area contributed by atoms with Crippen LogP contribution in [-0.4, -0.2) is 39.0 Å². The first-order valence-corrected chi connectivity index (χ1v) is 11.8. The molecule has 34 heavy (non-hydrogen) atoms. The molecule has 0 fully saturated rings. The Labute approximate surface area is 204 Å². The molecule has 1 amide bonds. The normalized spacial score (nSPS) is 10.9. The van der Waals surface area contributed by atoms with Crippen molar-refractivity contribution >= 4 is 51.9 Å². The molecule has 4 rings (SSSR count). The number of carbonyl (C=O) groups excluding carboxylic acids is 2. The summed E-state index contributed by atoms with van der Waals surface area (Å²) in [4.78, 5) is 24.2. The molecule has 4 aromatic rings. The van der Waals surface area contributed by atoms with Crippen molar-refractivity contribution in [3.8, 4) is 11.6 Å². The fraction of sp³-hybridized carbons (Fsp3) is 0.167. The molecule has 0 spiro atoms. The molecule has 0 unspecified atom stereocenters. The summed E-state index contributed by atoms with van der Waals surface area (Å²) in [6.45, 7) is 6.29. The predicted octanol–water partition coefficient (Wildman–Crippen LogP) is 5.44. The maximum Gasteiger partial charge on any atom is 0.338 e. The second-order valence-corrected chi connectivity index (χ2v) is 8.51. The van der Waals surface area contributed by atoms with Crippen molar-refractivity contribution in [2.45, 2.75) is 18.6 Å². The van der Waals surface area contributed by atoms with E-state index in [9.17, 15) is 9.59 Å². The number of ether oxygens (including phenoxy) is 1. The van der Waals surface area contributed by atoms with E-state index in [-0.39, 0.29) is 11.7 Å². The van der Waals surface area contributed by atoms with Crippen molar-refractivity contribution in [1.29, 1.82) is 0 Å². The van der Waals surface area contributed by atoms with Gasteiger partial charge in [-0.3, -0.25) is 9.36 Å². The summed E-state index contributed by atoms with van der Waals surface area (Å²) >= 11 is 7.32. The molecule has 0 saturated carbocycles. The standard InChI is InChI=1S/C24H21ClN4O4S/c1-3-11-29-22(20-13-16-12-17(25)7-10-19(16)33-20)27-28-24(29)34-14-21(30)26-18-8-5-15(6-9-18)23(31)32-4-2/h3,5-10,12-13H,1,4,11,14H2,2H3,(H,26,30). The van der Waals surface area contributed by atoms with E-state index in [1.54, 1.807) is 49.4 Å². The molecule has 1 N–H and O–H groups in total. The number of benzene rings is 2. The fourth-order valence-corrected chi connectivity index (χ4v) is 4.16. The minimum absolute atomic E-state index is 0.116. The number of fused-ring (bicyclic) bond motifs is 1. The summed E-state index contributed by atoms with van der Waals surface area (Å²) in [5.74, 6) is 0.571. The number of anilines is 1. The SMILES string of the molecule is C=CCn1c(SCC(=O)Nc2ccc(C(=O)OCC)cc2)nnc1-c1cc2cc(Cl)ccc2o1. The van der Waals surface area contributed by atoms with Crippen molar-refractivity contribution in [1.82, 2.24) is 14.8 Å². The molecular formula is C24H21ClN4O4S. The zero-order valence-corrected chi connectivity index (χ0v) is 19.9. The van der Waals surface area contributed by atoms with Gasteiger partial charge in [-0.2, -0.15) is 0 Å². The number of nitrogens with zero attached hydrogens (tertiary/aromatic N) is 3. The molecule has 174 valence electrons. The molecule has 2 aromatic heterocycles. The fourth-order valence-electron chi connectivity index (χ4n) is 3.23. The number of rotatable bonds is 9. The van der Waals surface area contributed by atoms with Gasteiger partial charge >= 0.3 is 5.97 Å². The highest BCUT2D eigenvalue weighted by Gasteiger charge is 2.18. The van der Waals surface area contributed by atoms with Crippen LogP contribution in [0.1, 0.15) is 17.3 Å². The number of hydrogen-bond donors (Lipinski definition) is 1. The summed E-state index contributed by atoms with van der Waals surface area (Å²) < 4.78 is 12.7. The first-order chi connectivity index (χ1) is 16.5. The van der Waals surface area contributed by atoms with Crippen LogP contribution in [-0.2, 0) is 16.1 Å². The highest BCUT2D eigenvalue weighted by molar-refractivity contribution is 7.99. The Morgan fingerprint density at radius 2 is 2.00 bits per heavy atom. The summed E-state index contributed by atoms with van der Waals surface area (Å²) in [5, 5.41) is 13.3. The van der Waals surface area contributed by atoms with Crippen LogP contribution in [0, 0.1) is 0 Å². The number of nitrogens with one attached hydrogen (secondary N) is 1. The maximum absolute atomic E-state index is 12.5. The van der Waals surface area contributed by atoms with Gasteiger partial charge in [0.25, 0.3) is 0 Å². The summed E-state index contributed by atoms with van der Waals surface area (Å²) in [6.07, 6.45) is 1.72. The highest BCUT2D eigenvalue weighted by atomic mass is 35.5. The van der Waals surface area contributed by atoms with E-state index < -0.39 is 5.97 Å². The van der Waals surface area contributed by atoms with Gasteiger partial charge in [0.1, 0.15) is 5.58 Å². The number of furan rings is 1. The Hall–Kier alpha value is -3.56. The van der Waals surface area contributed by atoms with Gasteiger partial charge in [-0.15, -0.1) is 16.8 Å². The number of amides is 1. The molecule has 10 heteroatoms. The van der Waals surface area contributed by atoms with E-state index in [1.807, 2.05) is 16.7 Å². The Morgan fingerprint density at radius 1 is 1.21 bits per heavy atom. The molecule has 0 aliphatic heterocycles. The molecule has 2 aromatic carbocycles. The van der Waals surface area contributed by atoms with Crippen molar-refractivity contribution in [2.75, 3.05) is 17.7 Å². The van der Waals surface area contributed by atoms with Crippen molar-refractivity contribution < 1.29 is 18.7 Å². The average molecular weight is 497 g/mol. The van der Waals surface area contributed by atoms with Gasteiger partial charge in [0.2, 0.25) is 11.7 Å². The molecule has 0 atom stereocenters. The average Bonchev–Trinajstić information content (AvgIpc) is 3.42. The summed E-state index contributed by atoms with van der Waals surface area (Å²) in [7, 11) is 0. The number of allylic oxidation sites excluding steroid dienone is 1. The Kier molecular flexibility index (Phi) is 7.34. The van der Waals surface area contributed by atoms with E-state index in [1.165, 1.54) is 11.8 Å². The van der Waals surface area contributed by atoms with Crippen molar-refractivity contribution in [3.63, 3.8) is 0 Å². The molecule has 0 aliphatic carbocycles. The quantitative estimate of drug-likeness (QED) is 0.187. The van der Waals surface area contributed by atoms with Crippen LogP contribution >= 0.6 is 23.4 Å². The Morgan fingerprint density at radius 3 is 2.74 bits per heavy atom. The molecule has 0 aliphatic rings. The molecule has 0 bridgehead atoms. The van der Waals surface area contributed by atoms with Gasteiger partial charge in [0.05, 0.1) is 17.9 Å². The smallest absolute Gasteiger partial charge is 0.338 e. The number of carbonyl (C=O) groups is 2. The minimum Gasteiger partial charge on any atom is -0.462 e. The van der Waals surface area contributed by atoms with Gasteiger partial charge in [-0.25, -0.2) is 4.79 Å². The zero-order chi connectivity index (χ0) is 24.1. The van der Waals surface area contributed by atoms with Crippen LogP contribution < -0.4 is 5.32 Å². The van der Waals surface area contributed by atoms with Gasteiger partial charge in [0, 0.05) is 22.6 Å². The minimum atomic E-state index is -0.402. The van der Waals surface area contributed by atoms with Gasteiger partial charge in [-0.1, -0.05) is 29.4 Å². The van der Waals surface area contributed by atoms with Gasteiger partial charge < -0.3 is 14.5 Å². The molecule has 0 saturated heterocycles. The van der Waals surface area contributed by atoms with Crippen LogP contribution in [0.15, 0.2) is 70.8 Å². The molecule has 0 radical (unpaired) electrons. The largest absolute Gasteiger partial charge is 0.462 e. The van der Waals surface area contributed by atoms with E-state index in [0.717, 1.165) is 5.39 Å². The monoisotopic (exact) mass is 496 g/mol. The molecular weight excluding hydrogens is 476 g/mol. The number of thioether (sulfide) groups is 1. The lowest BCUT2D eigenvalue weighted by atomic mass is 10.2. The lowest BCUT2D eigenvalue weighted by molar-refractivity contribution is -0.113. The third-order valence-electron chi connectivity index (χ3n) is 4.74. The van der Waals surface area contributed by atoms with Crippen molar-refractivity contribution in [3.05, 3.63) is 71.8 Å². The molecule has 8 nitrogen and oxygen atoms in total. The lowest BCUT2D eigenvalue weighted by Gasteiger charge is -2.08. The Bertz CT molecular complexity index is 1350. The number of aromatic nitrogens is 3. The third-order valence-corrected chi connectivity index (χ3v) is 5.94.